The molecule has 2 aromatic carbocycles. The second-order valence-corrected chi connectivity index (χ2v) is 7.72. The Bertz CT molecular complexity index is 969. The van der Waals surface area contributed by atoms with Gasteiger partial charge in [0.05, 0.1) is 13.7 Å². The van der Waals surface area contributed by atoms with E-state index < -0.39 is 0 Å². The van der Waals surface area contributed by atoms with Crippen molar-refractivity contribution in [3.63, 3.8) is 0 Å². The number of hydrogen-bond donors (Lipinski definition) is 2. The van der Waals surface area contributed by atoms with Crippen LogP contribution in [0.4, 0.5) is 5.00 Å². The summed E-state index contributed by atoms with van der Waals surface area (Å²) in [6.07, 6.45) is 0. The summed E-state index contributed by atoms with van der Waals surface area (Å²) in [4.78, 5) is 12.6. The quantitative estimate of drug-likeness (QED) is 0.442. The standard InChI is InChI=1S/C21H20BrNO4S/c1-3-27-21(25)19-17(13-4-7-16(26-2)8-5-13)12-28-20(19)23-11-14-10-15(22)6-9-18(14)24/h4-10,12,23-24H,3,11H2,1-2H3. The summed E-state index contributed by atoms with van der Waals surface area (Å²) in [7, 11) is 1.61. The van der Waals surface area contributed by atoms with Crippen molar-refractivity contribution in [1.82, 2.24) is 0 Å². The van der Waals surface area contributed by atoms with Crippen molar-refractivity contribution < 1.29 is 19.4 Å². The summed E-state index contributed by atoms with van der Waals surface area (Å²) in [6, 6.07) is 12.8. The van der Waals surface area contributed by atoms with E-state index in [2.05, 4.69) is 21.2 Å². The van der Waals surface area contributed by atoms with Crippen LogP contribution in [0.25, 0.3) is 11.1 Å². The highest BCUT2D eigenvalue weighted by molar-refractivity contribution is 9.10. The van der Waals surface area contributed by atoms with E-state index in [-0.39, 0.29) is 11.7 Å². The fraction of sp³-hybridized carbons (Fsp3) is 0.190. The molecule has 3 rings (SSSR count). The smallest absolute Gasteiger partial charge is 0.341 e. The molecule has 0 fully saturated rings. The van der Waals surface area contributed by atoms with Crippen LogP contribution in [0.5, 0.6) is 11.5 Å². The summed E-state index contributed by atoms with van der Waals surface area (Å²) in [5.41, 5.74) is 2.92. The van der Waals surface area contributed by atoms with E-state index in [0.29, 0.717) is 23.7 Å². The van der Waals surface area contributed by atoms with Crippen LogP contribution in [0.15, 0.2) is 52.3 Å². The van der Waals surface area contributed by atoms with Gasteiger partial charge < -0.3 is 19.9 Å². The Morgan fingerprint density at radius 2 is 1.96 bits per heavy atom. The lowest BCUT2D eigenvalue weighted by Gasteiger charge is -2.11. The maximum absolute atomic E-state index is 12.6. The van der Waals surface area contributed by atoms with Gasteiger partial charge in [-0.15, -0.1) is 11.3 Å². The van der Waals surface area contributed by atoms with Crippen LogP contribution >= 0.6 is 27.3 Å². The third-order valence-corrected chi connectivity index (χ3v) is 5.58. The SMILES string of the molecule is CCOC(=O)c1c(-c2ccc(OC)cc2)csc1NCc1cc(Br)ccc1O. The van der Waals surface area contributed by atoms with Gasteiger partial charge in [0.25, 0.3) is 0 Å². The van der Waals surface area contributed by atoms with Crippen LogP contribution in [-0.2, 0) is 11.3 Å². The molecule has 0 aliphatic heterocycles. The Labute approximate surface area is 176 Å². The van der Waals surface area contributed by atoms with Gasteiger partial charge in [0.15, 0.2) is 0 Å². The molecule has 0 amide bonds. The van der Waals surface area contributed by atoms with Crippen molar-refractivity contribution in [2.75, 3.05) is 19.0 Å². The molecular weight excluding hydrogens is 442 g/mol. The molecule has 1 aromatic heterocycles. The number of thiophene rings is 1. The van der Waals surface area contributed by atoms with Crippen molar-refractivity contribution in [2.24, 2.45) is 0 Å². The predicted molar refractivity (Wildman–Crippen MR) is 115 cm³/mol. The van der Waals surface area contributed by atoms with Crippen LogP contribution in [0.1, 0.15) is 22.8 Å². The number of nitrogens with one attached hydrogen (secondary N) is 1. The third kappa shape index (κ3) is 4.48. The number of benzene rings is 2. The maximum Gasteiger partial charge on any atom is 0.341 e. The predicted octanol–water partition coefficient (Wildman–Crippen LogP) is 5.68. The fourth-order valence-corrected chi connectivity index (χ4v) is 4.11. The molecule has 28 heavy (non-hydrogen) atoms. The Morgan fingerprint density at radius 1 is 1.21 bits per heavy atom. The lowest BCUT2D eigenvalue weighted by Crippen LogP contribution is -2.09. The highest BCUT2D eigenvalue weighted by Gasteiger charge is 2.21. The number of carbonyl (C=O) groups is 1. The molecule has 0 spiro atoms. The van der Waals surface area contributed by atoms with Crippen molar-refractivity contribution >= 4 is 38.2 Å². The number of ether oxygens (including phenoxy) is 2. The van der Waals surface area contributed by atoms with Crippen molar-refractivity contribution in [1.29, 1.82) is 0 Å². The van der Waals surface area contributed by atoms with E-state index in [0.717, 1.165) is 26.9 Å². The molecule has 0 bridgehead atoms. The minimum Gasteiger partial charge on any atom is -0.508 e. The number of phenols is 1. The fourth-order valence-electron chi connectivity index (χ4n) is 2.75. The number of rotatable bonds is 7. The van der Waals surface area contributed by atoms with Crippen molar-refractivity contribution in [3.05, 3.63) is 63.4 Å². The first-order chi connectivity index (χ1) is 13.5. The van der Waals surface area contributed by atoms with Gasteiger partial charge in [-0.25, -0.2) is 4.79 Å². The number of halogens is 1. The molecule has 146 valence electrons. The molecule has 0 saturated heterocycles. The zero-order valence-corrected chi connectivity index (χ0v) is 17.9. The van der Waals surface area contributed by atoms with E-state index in [9.17, 15) is 9.90 Å². The number of carbonyl (C=O) groups excluding carboxylic acids is 1. The van der Waals surface area contributed by atoms with Crippen LogP contribution in [0, 0.1) is 0 Å². The molecule has 2 N–H and O–H groups in total. The Hall–Kier alpha value is -2.51. The summed E-state index contributed by atoms with van der Waals surface area (Å²) >= 11 is 4.83. The molecule has 0 aliphatic carbocycles. The van der Waals surface area contributed by atoms with Gasteiger partial charge in [0.1, 0.15) is 22.1 Å². The van der Waals surface area contributed by atoms with Gasteiger partial charge in [-0.3, -0.25) is 0 Å². The number of aromatic hydroxyl groups is 1. The summed E-state index contributed by atoms with van der Waals surface area (Å²) in [6.45, 7) is 2.45. The van der Waals surface area contributed by atoms with Crippen LogP contribution in [0.3, 0.4) is 0 Å². The van der Waals surface area contributed by atoms with Crippen molar-refractivity contribution in [3.8, 4) is 22.6 Å². The first-order valence-corrected chi connectivity index (χ1v) is 10.3. The molecule has 0 unspecified atom stereocenters. The van der Waals surface area contributed by atoms with Crippen LogP contribution in [0.2, 0.25) is 0 Å². The monoisotopic (exact) mass is 461 g/mol. The maximum atomic E-state index is 12.6. The van der Waals surface area contributed by atoms with Gasteiger partial charge >= 0.3 is 5.97 Å². The Morgan fingerprint density at radius 3 is 2.64 bits per heavy atom. The Balaban J connectivity index is 1.93. The third-order valence-electron chi connectivity index (χ3n) is 4.15. The number of hydrogen-bond acceptors (Lipinski definition) is 6. The first-order valence-electron chi connectivity index (χ1n) is 8.67. The van der Waals surface area contributed by atoms with Gasteiger partial charge in [-0.05, 0) is 42.8 Å². The topological polar surface area (TPSA) is 67.8 Å². The highest BCUT2D eigenvalue weighted by Crippen LogP contribution is 2.37. The van der Waals surface area contributed by atoms with Crippen molar-refractivity contribution in [2.45, 2.75) is 13.5 Å². The average molecular weight is 462 g/mol. The van der Waals surface area contributed by atoms with Gasteiger partial charge in [0.2, 0.25) is 0 Å². The number of anilines is 1. The first kappa shape index (κ1) is 20.2. The molecule has 3 aromatic rings. The van der Waals surface area contributed by atoms with E-state index in [1.807, 2.05) is 35.7 Å². The van der Waals surface area contributed by atoms with Gasteiger partial charge in [0, 0.05) is 27.5 Å². The molecule has 0 aliphatic rings. The molecule has 5 nitrogen and oxygen atoms in total. The summed E-state index contributed by atoms with van der Waals surface area (Å²) in [5.74, 6) is 0.566. The average Bonchev–Trinajstić information content (AvgIpc) is 3.13. The second-order valence-electron chi connectivity index (χ2n) is 5.93. The molecule has 0 saturated carbocycles. The molecule has 0 radical (unpaired) electrons. The highest BCUT2D eigenvalue weighted by atomic mass is 79.9. The second kappa shape index (κ2) is 9.12. The van der Waals surface area contributed by atoms with Gasteiger partial charge in [-0.1, -0.05) is 28.1 Å². The lowest BCUT2D eigenvalue weighted by molar-refractivity contribution is 0.0529. The van der Waals surface area contributed by atoms with Crippen LogP contribution < -0.4 is 10.1 Å². The minimum atomic E-state index is -0.379. The molecule has 7 heteroatoms. The van der Waals surface area contributed by atoms with E-state index in [1.165, 1.54) is 11.3 Å². The summed E-state index contributed by atoms with van der Waals surface area (Å²) < 4.78 is 11.4. The van der Waals surface area contributed by atoms with Crippen LogP contribution in [-0.4, -0.2) is 24.8 Å². The van der Waals surface area contributed by atoms with E-state index in [1.54, 1.807) is 26.2 Å². The zero-order chi connectivity index (χ0) is 20.1. The largest absolute Gasteiger partial charge is 0.508 e. The number of methoxy groups -OCH3 is 1. The molecule has 0 atom stereocenters. The number of esters is 1. The minimum absolute atomic E-state index is 0.195. The number of phenolic OH excluding ortho intramolecular Hbond substituents is 1. The van der Waals surface area contributed by atoms with E-state index >= 15 is 0 Å². The lowest BCUT2D eigenvalue weighted by atomic mass is 10.0. The van der Waals surface area contributed by atoms with Gasteiger partial charge in [-0.2, -0.15) is 0 Å². The normalized spacial score (nSPS) is 10.5. The molecular formula is C21H20BrNO4S. The van der Waals surface area contributed by atoms with E-state index in [4.69, 9.17) is 9.47 Å². The Kier molecular flexibility index (Phi) is 6.59. The summed E-state index contributed by atoms with van der Waals surface area (Å²) in [5, 5.41) is 15.9. The molecule has 1 heterocycles. The zero-order valence-electron chi connectivity index (χ0n) is 15.5.